The van der Waals surface area contributed by atoms with Crippen LogP contribution in [0.15, 0.2) is 47.6 Å². The van der Waals surface area contributed by atoms with E-state index in [0.717, 1.165) is 0 Å². The fraction of sp³-hybridized carbons (Fsp3) is 0.286. The van der Waals surface area contributed by atoms with Gasteiger partial charge in [0.25, 0.3) is 11.8 Å². The fourth-order valence-corrected chi connectivity index (χ4v) is 2.83. The summed E-state index contributed by atoms with van der Waals surface area (Å²) in [6, 6.07) is 11.1. The van der Waals surface area contributed by atoms with Crippen LogP contribution >= 0.6 is 11.6 Å². The molecule has 0 fully saturated rings. The van der Waals surface area contributed by atoms with E-state index in [4.69, 9.17) is 21.1 Å². The largest absolute Gasteiger partial charge is 0.493 e. The lowest BCUT2D eigenvalue weighted by atomic mass is 10.0. The Bertz CT molecular complexity index is 899. The van der Waals surface area contributed by atoms with Crippen LogP contribution in [0.2, 0.25) is 5.02 Å². The Labute approximate surface area is 175 Å². The Hall–Kier alpha value is -3.06. The molecule has 0 saturated carbocycles. The molecule has 7 nitrogen and oxygen atoms in total. The predicted molar refractivity (Wildman–Crippen MR) is 113 cm³/mol. The lowest BCUT2D eigenvalue weighted by Gasteiger charge is -2.20. The van der Waals surface area contributed by atoms with Crippen LogP contribution in [-0.4, -0.2) is 38.3 Å². The number of rotatable bonds is 8. The summed E-state index contributed by atoms with van der Waals surface area (Å²) in [6.45, 7) is 3.66. The third-order valence-electron chi connectivity index (χ3n) is 4.13. The van der Waals surface area contributed by atoms with Crippen molar-refractivity contribution in [3.05, 3.63) is 58.6 Å². The number of nitrogens with zero attached hydrogens (tertiary/aromatic N) is 1. The van der Waals surface area contributed by atoms with Gasteiger partial charge in [-0.1, -0.05) is 37.6 Å². The molecule has 1 unspecified atom stereocenters. The van der Waals surface area contributed by atoms with Gasteiger partial charge in [-0.15, -0.1) is 0 Å². The molecular formula is C21H24ClN3O4. The maximum Gasteiger partial charge on any atom is 0.262 e. The van der Waals surface area contributed by atoms with Crippen LogP contribution in [0.4, 0.5) is 0 Å². The van der Waals surface area contributed by atoms with Crippen molar-refractivity contribution in [2.75, 3.05) is 14.2 Å². The van der Waals surface area contributed by atoms with E-state index in [2.05, 4.69) is 15.8 Å². The quantitative estimate of drug-likeness (QED) is 0.509. The molecule has 0 spiro atoms. The molecule has 0 heterocycles. The Morgan fingerprint density at radius 2 is 1.83 bits per heavy atom. The molecule has 154 valence electrons. The van der Waals surface area contributed by atoms with E-state index in [9.17, 15) is 9.59 Å². The number of benzene rings is 2. The van der Waals surface area contributed by atoms with E-state index in [1.807, 2.05) is 13.8 Å². The van der Waals surface area contributed by atoms with Crippen molar-refractivity contribution in [3.63, 3.8) is 0 Å². The standard InChI is InChI=1S/C21H24ClN3O4/c1-13(2)18(24-20(26)14-7-5-9-16(22)11-14)21(27)25-23-12-15-8-6-10-17(28-3)19(15)29-4/h5-13,18H,1-4H3,(H,24,26)(H,25,27)/b23-12+. The van der Waals surface area contributed by atoms with Crippen molar-refractivity contribution < 1.29 is 19.1 Å². The maximum atomic E-state index is 12.6. The molecule has 2 aromatic carbocycles. The molecule has 2 rings (SSSR count). The monoisotopic (exact) mass is 417 g/mol. The highest BCUT2D eigenvalue weighted by molar-refractivity contribution is 6.31. The smallest absolute Gasteiger partial charge is 0.262 e. The summed E-state index contributed by atoms with van der Waals surface area (Å²) in [6.07, 6.45) is 1.45. The SMILES string of the molecule is COc1cccc(/C=N/NC(=O)C(NC(=O)c2cccc(Cl)c2)C(C)C)c1OC. The minimum Gasteiger partial charge on any atom is -0.493 e. The first-order chi connectivity index (χ1) is 13.9. The first-order valence-corrected chi connectivity index (χ1v) is 9.35. The third-order valence-corrected chi connectivity index (χ3v) is 4.37. The van der Waals surface area contributed by atoms with E-state index in [1.54, 1.807) is 42.5 Å². The highest BCUT2D eigenvalue weighted by atomic mass is 35.5. The van der Waals surface area contributed by atoms with Gasteiger partial charge in [-0.3, -0.25) is 9.59 Å². The summed E-state index contributed by atoms with van der Waals surface area (Å²) in [5.74, 6) is 0.0762. The Morgan fingerprint density at radius 1 is 1.10 bits per heavy atom. The topological polar surface area (TPSA) is 89.0 Å². The second kappa shape index (κ2) is 10.5. The van der Waals surface area contributed by atoms with Gasteiger partial charge in [-0.25, -0.2) is 5.43 Å². The molecule has 0 aliphatic carbocycles. The van der Waals surface area contributed by atoms with Gasteiger partial charge in [-0.05, 0) is 36.2 Å². The summed E-state index contributed by atoms with van der Waals surface area (Å²) in [4.78, 5) is 25.0. The number of carbonyl (C=O) groups is 2. The Balaban J connectivity index is 2.08. The number of nitrogens with one attached hydrogen (secondary N) is 2. The molecule has 2 amide bonds. The van der Waals surface area contributed by atoms with Gasteiger partial charge < -0.3 is 14.8 Å². The average Bonchev–Trinajstić information content (AvgIpc) is 2.71. The van der Waals surface area contributed by atoms with E-state index in [1.165, 1.54) is 20.4 Å². The zero-order valence-corrected chi connectivity index (χ0v) is 17.5. The van der Waals surface area contributed by atoms with Gasteiger partial charge in [0.05, 0.1) is 20.4 Å². The van der Waals surface area contributed by atoms with Crippen molar-refractivity contribution in [2.24, 2.45) is 11.0 Å². The highest BCUT2D eigenvalue weighted by Gasteiger charge is 2.24. The molecule has 0 saturated heterocycles. The minimum atomic E-state index is -0.772. The Kier molecular flexibility index (Phi) is 8.03. The summed E-state index contributed by atoms with van der Waals surface area (Å²) in [5, 5.41) is 7.16. The fourth-order valence-electron chi connectivity index (χ4n) is 2.64. The summed E-state index contributed by atoms with van der Waals surface area (Å²) in [5.41, 5.74) is 3.47. The number of hydrogen-bond acceptors (Lipinski definition) is 5. The second-order valence-corrected chi connectivity index (χ2v) is 6.96. The minimum absolute atomic E-state index is 0.153. The van der Waals surface area contributed by atoms with Crippen LogP contribution in [0.25, 0.3) is 0 Å². The molecule has 0 aliphatic heterocycles. The lowest BCUT2D eigenvalue weighted by molar-refractivity contribution is -0.123. The first kappa shape index (κ1) is 22.2. The highest BCUT2D eigenvalue weighted by Crippen LogP contribution is 2.29. The lowest BCUT2D eigenvalue weighted by Crippen LogP contribution is -2.48. The number of ether oxygens (including phenoxy) is 2. The van der Waals surface area contributed by atoms with Crippen LogP contribution in [0, 0.1) is 5.92 Å². The number of halogens is 1. The molecule has 2 aromatic rings. The molecule has 8 heteroatoms. The van der Waals surface area contributed by atoms with Crippen LogP contribution in [-0.2, 0) is 4.79 Å². The Morgan fingerprint density at radius 3 is 2.45 bits per heavy atom. The van der Waals surface area contributed by atoms with Crippen molar-refractivity contribution in [1.29, 1.82) is 0 Å². The first-order valence-electron chi connectivity index (χ1n) is 8.97. The predicted octanol–water partition coefficient (Wildman–Crippen LogP) is 3.26. The average molecular weight is 418 g/mol. The summed E-state index contributed by atoms with van der Waals surface area (Å²) < 4.78 is 10.6. The zero-order valence-electron chi connectivity index (χ0n) is 16.7. The number of carbonyl (C=O) groups excluding carboxylic acids is 2. The van der Waals surface area contributed by atoms with E-state index >= 15 is 0 Å². The van der Waals surface area contributed by atoms with Gasteiger partial charge in [0, 0.05) is 16.1 Å². The van der Waals surface area contributed by atoms with Crippen LogP contribution in [0.1, 0.15) is 29.8 Å². The van der Waals surface area contributed by atoms with E-state index < -0.39 is 11.9 Å². The van der Waals surface area contributed by atoms with Crippen molar-refractivity contribution in [1.82, 2.24) is 10.7 Å². The number of hydrogen-bond donors (Lipinski definition) is 2. The van der Waals surface area contributed by atoms with Gasteiger partial charge in [-0.2, -0.15) is 5.10 Å². The van der Waals surface area contributed by atoms with Crippen molar-refractivity contribution >= 4 is 29.6 Å². The number of methoxy groups -OCH3 is 2. The van der Waals surface area contributed by atoms with Crippen LogP contribution in [0.3, 0.4) is 0 Å². The van der Waals surface area contributed by atoms with Gasteiger partial charge >= 0.3 is 0 Å². The molecule has 2 N–H and O–H groups in total. The zero-order chi connectivity index (χ0) is 21.4. The summed E-state index contributed by atoms with van der Waals surface area (Å²) in [7, 11) is 3.06. The van der Waals surface area contributed by atoms with Crippen LogP contribution in [0.5, 0.6) is 11.5 Å². The van der Waals surface area contributed by atoms with Crippen LogP contribution < -0.4 is 20.2 Å². The van der Waals surface area contributed by atoms with Gasteiger partial charge in [0.15, 0.2) is 11.5 Å². The molecule has 0 radical (unpaired) electrons. The molecule has 0 aliphatic rings. The van der Waals surface area contributed by atoms with E-state index in [-0.39, 0.29) is 11.8 Å². The number of amides is 2. The normalized spacial score (nSPS) is 11.9. The third kappa shape index (κ3) is 5.96. The summed E-state index contributed by atoms with van der Waals surface area (Å²) >= 11 is 5.93. The molecule has 1 atom stereocenters. The van der Waals surface area contributed by atoms with Crippen molar-refractivity contribution in [3.8, 4) is 11.5 Å². The number of hydrazone groups is 1. The molecule has 29 heavy (non-hydrogen) atoms. The maximum absolute atomic E-state index is 12.6. The van der Waals surface area contributed by atoms with Gasteiger partial charge in [0.2, 0.25) is 0 Å². The van der Waals surface area contributed by atoms with Gasteiger partial charge in [0.1, 0.15) is 6.04 Å². The van der Waals surface area contributed by atoms with E-state index in [0.29, 0.717) is 27.6 Å². The molecule has 0 bridgehead atoms. The van der Waals surface area contributed by atoms with Crippen molar-refractivity contribution in [2.45, 2.75) is 19.9 Å². The second-order valence-electron chi connectivity index (χ2n) is 6.52. The molecule has 0 aromatic heterocycles. The molecular weight excluding hydrogens is 394 g/mol. The number of para-hydroxylation sites is 1.